The van der Waals surface area contributed by atoms with Crippen molar-refractivity contribution in [3.63, 3.8) is 0 Å². The van der Waals surface area contributed by atoms with Crippen LogP contribution in [0.2, 0.25) is 0 Å². The minimum Gasteiger partial charge on any atom is -0.460 e. The maximum Gasteiger partial charge on any atom is 0.270 e. The molecule has 0 aliphatic carbocycles. The number of hydrogen-bond donors (Lipinski definition) is 1. The summed E-state index contributed by atoms with van der Waals surface area (Å²) in [5, 5.41) is 4.14. The van der Waals surface area contributed by atoms with Crippen molar-refractivity contribution in [1.29, 1.82) is 0 Å². The molecular weight excluding hydrogens is 316 g/mol. The fourth-order valence-electron chi connectivity index (χ4n) is 4.28. The van der Waals surface area contributed by atoms with Gasteiger partial charge in [0.1, 0.15) is 12.0 Å². The molecule has 1 amide bonds. The molecule has 0 saturated carbocycles. The van der Waals surface area contributed by atoms with E-state index in [1.165, 1.54) is 19.5 Å². The monoisotopic (exact) mass is 342 g/mol. The summed E-state index contributed by atoms with van der Waals surface area (Å²) in [5.41, 5.74) is 2.22. The number of anilines is 1. The minimum atomic E-state index is -0.0823. The van der Waals surface area contributed by atoms with Crippen molar-refractivity contribution >= 4 is 22.6 Å². The van der Waals surface area contributed by atoms with Gasteiger partial charge in [-0.3, -0.25) is 4.79 Å². The number of furan rings is 1. The average Bonchev–Trinajstić information content (AvgIpc) is 3.19. The Morgan fingerprint density at radius 1 is 1.40 bits per heavy atom. The number of pyridine rings is 1. The van der Waals surface area contributed by atoms with Crippen LogP contribution in [0, 0.1) is 5.92 Å². The number of nitrogens with zero attached hydrogens (tertiary/aromatic N) is 3. The number of aromatic nitrogens is 1. The number of carbonyl (C=O) groups is 1. The van der Waals surface area contributed by atoms with Gasteiger partial charge in [-0.15, -0.1) is 0 Å². The minimum absolute atomic E-state index is 0.0823. The van der Waals surface area contributed by atoms with Crippen LogP contribution in [0.4, 0.5) is 5.69 Å². The van der Waals surface area contributed by atoms with E-state index in [0.29, 0.717) is 5.69 Å². The normalized spacial score (nSPS) is 25.3. The van der Waals surface area contributed by atoms with E-state index in [1.807, 2.05) is 6.07 Å². The van der Waals surface area contributed by atoms with Gasteiger partial charge in [0, 0.05) is 37.6 Å². The van der Waals surface area contributed by atoms with Gasteiger partial charge in [-0.1, -0.05) is 0 Å². The summed E-state index contributed by atoms with van der Waals surface area (Å²) in [5.74, 6) is 0.652. The van der Waals surface area contributed by atoms with E-state index in [9.17, 15) is 4.79 Å². The molecule has 25 heavy (non-hydrogen) atoms. The molecule has 1 unspecified atom stereocenters. The molecule has 4 rings (SSSR count). The highest BCUT2D eigenvalue weighted by molar-refractivity contribution is 5.99. The molecule has 1 N–H and O–H groups in total. The number of fused-ring (bicyclic) bond motifs is 3. The highest BCUT2D eigenvalue weighted by Gasteiger charge is 2.33. The molecule has 2 saturated heterocycles. The van der Waals surface area contributed by atoms with E-state index in [4.69, 9.17) is 4.42 Å². The zero-order chi connectivity index (χ0) is 17.4. The molecule has 134 valence electrons. The fourth-order valence-corrected chi connectivity index (χ4v) is 4.28. The van der Waals surface area contributed by atoms with E-state index < -0.39 is 0 Å². The van der Waals surface area contributed by atoms with Crippen molar-refractivity contribution in [3.05, 3.63) is 24.2 Å². The summed E-state index contributed by atoms with van der Waals surface area (Å²) in [6.07, 6.45) is 5.76. The Labute approximate surface area is 148 Å². The lowest BCUT2D eigenvalue weighted by atomic mass is 9.97. The first-order valence-corrected chi connectivity index (χ1v) is 9.33. The molecule has 0 aromatic carbocycles. The maximum atomic E-state index is 12.7. The molecule has 2 fully saturated rings. The number of piperidine rings is 1. The predicted molar refractivity (Wildman–Crippen MR) is 98.0 cm³/mol. The Balaban J connectivity index is 1.54. The standard InChI is InChI=1S/C19H26N4O2/c1-3-23(4-2)17-12-25-18-9-20-16(8-15(17)18)19(24)21-14-7-13-5-6-22(10-13)11-14/h8-9,12-14H,3-7,10-11H2,1-2H3,(H,21,24)/t13-,14-/m1/s1. The summed E-state index contributed by atoms with van der Waals surface area (Å²) in [6, 6.07) is 2.09. The summed E-state index contributed by atoms with van der Waals surface area (Å²) >= 11 is 0. The first-order valence-electron chi connectivity index (χ1n) is 9.33. The third kappa shape index (κ3) is 3.11. The Morgan fingerprint density at radius 2 is 2.24 bits per heavy atom. The van der Waals surface area contributed by atoms with Crippen LogP contribution in [-0.2, 0) is 0 Å². The Morgan fingerprint density at radius 3 is 3.00 bits per heavy atom. The first-order chi connectivity index (χ1) is 12.2. The van der Waals surface area contributed by atoms with Gasteiger partial charge in [0.05, 0.1) is 11.9 Å². The van der Waals surface area contributed by atoms with Crippen LogP contribution in [0.15, 0.2) is 22.9 Å². The predicted octanol–water partition coefficient (Wildman–Crippen LogP) is 2.50. The third-order valence-electron chi connectivity index (χ3n) is 5.58. The van der Waals surface area contributed by atoms with Gasteiger partial charge in [0.2, 0.25) is 0 Å². The Bertz CT molecular complexity index is 756. The molecule has 2 aromatic rings. The van der Waals surface area contributed by atoms with Crippen LogP contribution in [-0.4, -0.2) is 54.6 Å². The quantitative estimate of drug-likeness (QED) is 0.905. The van der Waals surface area contributed by atoms with Crippen LogP contribution < -0.4 is 10.2 Å². The van der Waals surface area contributed by atoms with Gasteiger partial charge in [-0.05, 0) is 45.2 Å². The molecule has 2 bridgehead atoms. The highest BCUT2D eigenvalue weighted by Crippen LogP contribution is 2.30. The molecular formula is C19H26N4O2. The smallest absolute Gasteiger partial charge is 0.270 e. The molecule has 4 heterocycles. The van der Waals surface area contributed by atoms with Gasteiger partial charge in [-0.25, -0.2) is 4.98 Å². The fraction of sp³-hybridized carbons (Fsp3) is 0.579. The molecule has 6 heteroatoms. The van der Waals surface area contributed by atoms with Crippen LogP contribution in [0.3, 0.4) is 0 Å². The second kappa shape index (κ2) is 6.67. The van der Waals surface area contributed by atoms with E-state index in [2.05, 4.69) is 33.9 Å². The second-order valence-electron chi connectivity index (χ2n) is 7.18. The first kappa shape index (κ1) is 16.4. The van der Waals surface area contributed by atoms with E-state index >= 15 is 0 Å². The van der Waals surface area contributed by atoms with Crippen molar-refractivity contribution in [2.24, 2.45) is 5.92 Å². The number of amides is 1. The van der Waals surface area contributed by atoms with Gasteiger partial charge in [-0.2, -0.15) is 0 Å². The van der Waals surface area contributed by atoms with Crippen molar-refractivity contribution in [1.82, 2.24) is 15.2 Å². The van der Waals surface area contributed by atoms with Crippen molar-refractivity contribution in [2.75, 3.05) is 37.6 Å². The summed E-state index contributed by atoms with van der Waals surface area (Å²) in [7, 11) is 0. The lowest BCUT2D eigenvalue weighted by Crippen LogP contribution is -2.47. The van der Waals surface area contributed by atoms with Crippen molar-refractivity contribution < 1.29 is 9.21 Å². The molecule has 0 radical (unpaired) electrons. The van der Waals surface area contributed by atoms with Gasteiger partial charge in [0.15, 0.2) is 5.58 Å². The third-order valence-corrected chi connectivity index (χ3v) is 5.58. The van der Waals surface area contributed by atoms with Crippen LogP contribution in [0.25, 0.3) is 11.0 Å². The Hall–Kier alpha value is -2.08. The largest absolute Gasteiger partial charge is 0.460 e. The zero-order valence-electron chi connectivity index (χ0n) is 15.0. The molecule has 6 nitrogen and oxygen atoms in total. The van der Waals surface area contributed by atoms with E-state index in [0.717, 1.165) is 48.6 Å². The second-order valence-corrected chi connectivity index (χ2v) is 7.18. The SMILES string of the molecule is CCN(CC)c1coc2cnc(C(=O)N[C@@H]3C[C@H]4CCN(C4)C3)cc12. The number of rotatable bonds is 5. The van der Waals surface area contributed by atoms with E-state index in [-0.39, 0.29) is 11.9 Å². The lowest BCUT2D eigenvalue weighted by molar-refractivity contribution is 0.0904. The molecule has 3 atom stereocenters. The van der Waals surface area contributed by atoms with Gasteiger partial charge < -0.3 is 19.5 Å². The lowest BCUT2D eigenvalue weighted by Gasteiger charge is -2.30. The Kier molecular flexibility index (Phi) is 4.37. The molecule has 2 aliphatic heterocycles. The molecule has 2 aliphatic rings. The summed E-state index contributed by atoms with van der Waals surface area (Å²) < 4.78 is 5.61. The molecule has 0 spiro atoms. The van der Waals surface area contributed by atoms with Crippen LogP contribution in [0.1, 0.15) is 37.2 Å². The molecule has 2 aromatic heterocycles. The van der Waals surface area contributed by atoms with Crippen molar-refractivity contribution in [3.8, 4) is 0 Å². The van der Waals surface area contributed by atoms with Crippen LogP contribution >= 0.6 is 0 Å². The highest BCUT2D eigenvalue weighted by atomic mass is 16.3. The summed E-state index contributed by atoms with van der Waals surface area (Å²) in [4.78, 5) is 21.7. The van der Waals surface area contributed by atoms with Crippen LogP contribution in [0.5, 0.6) is 0 Å². The van der Waals surface area contributed by atoms with Crippen molar-refractivity contribution in [2.45, 2.75) is 32.7 Å². The average molecular weight is 342 g/mol. The van der Waals surface area contributed by atoms with Gasteiger partial charge >= 0.3 is 0 Å². The van der Waals surface area contributed by atoms with Gasteiger partial charge in [0.25, 0.3) is 5.91 Å². The topological polar surface area (TPSA) is 61.6 Å². The summed E-state index contributed by atoms with van der Waals surface area (Å²) in [6.45, 7) is 9.35. The number of hydrogen-bond acceptors (Lipinski definition) is 5. The number of carbonyl (C=O) groups excluding carboxylic acids is 1. The maximum absolute atomic E-state index is 12.7. The zero-order valence-corrected chi connectivity index (χ0v) is 15.0. The number of nitrogens with one attached hydrogen (secondary N) is 1. The van der Waals surface area contributed by atoms with E-state index in [1.54, 1.807) is 12.5 Å².